The molecular weight excluding hydrogens is 464 g/mol. The number of ether oxygens (including phenoxy) is 1. The molecule has 1 N–H and O–H groups in total. The number of anilines is 2. The molecule has 0 bridgehead atoms. The van der Waals surface area contributed by atoms with Gasteiger partial charge in [0, 0.05) is 16.1 Å². The number of nitrogens with one attached hydrogen (secondary N) is 1. The van der Waals surface area contributed by atoms with Crippen LogP contribution in [0.15, 0.2) is 72.8 Å². The number of hydrogen-bond acceptors (Lipinski definition) is 5. The van der Waals surface area contributed by atoms with Crippen LogP contribution in [0.5, 0.6) is 5.75 Å². The quantitative estimate of drug-likeness (QED) is 0.531. The first-order valence-electron chi connectivity index (χ1n) is 10.3. The Labute approximate surface area is 197 Å². The number of halogens is 1. The van der Waals surface area contributed by atoms with Crippen molar-refractivity contribution >= 4 is 44.7 Å². The predicted octanol–water partition coefficient (Wildman–Crippen LogP) is 4.13. The summed E-state index contributed by atoms with van der Waals surface area (Å²) in [7, 11) is -3.64. The van der Waals surface area contributed by atoms with Gasteiger partial charge in [-0.15, -0.1) is 0 Å². The summed E-state index contributed by atoms with van der Waals surface area (Å²) in [6.45, 7) is 1.35. The average molecular weight is 485 g/mol. The van der Waals surface area contributed by atoms with Crippen LogP contribution < -0.4 is 14.4 Å². The van der Waals surface area contributed by atoms with E-state index in [0.717, 1.165) is 0 Å². The van der Waals surface area contributed by atoms with Gasteiger partial charge in [-0.2, -0.15) is 0 Å². The van der Waals surface area contributed by atoms with Gasteiger partial charge in [0.1, 0.15) is 5.75 Å². The first-order chi connectivity index (χ1) is 15.8. The first-order valence-corrected chi connectivity index (χ1v) is 12.2. The van der Waals surface area contributed by atoms with Crippen molar-refractivity contribution in [1.29, 1.82) is 0 Å². The second kappa shape index (κ2) is 9.25. The summed E-state index contributed by atoms with van der Waals surface area (Å²) in [4.78, 5) is 26.2. The van der Waals surface area contributed by atoms with Gasteiger partial charge in [-0.25, -0.2) is 8.42 Å². The Hall–Kier alpha value is -3.36. The third kappa shape index (κ3) is 4.72. The maximum absolute atomic E-state index is 13.1. The molecule has 0 aromatic heterocycles. The number of rotatable bonds is 6. The van der Waals surface area contributed by atoms with Gasteiger partial charge >= 0.3 is 0 Å². The van der Waals surface area contributed by atoms with E-state index in [1.807, 2.05) is 0 Å². The standard InChI is InChI=1S/C24H21ClN2O5S/c1-2-33(30,31)27-15-22(32-21-11-7-6-10-20(21)27)24(29)26-19-13-12-17(25)14-18(19)23(28)16-8-4-3-5-9-16/h3-14,22H,2,15H2,1H3,(H,26,29). The fourth-order valence-corrected chi connectivity index (χ4v) is 4.83. The number of hydrogen-bond donors (Lipinski definition) is 1. The van der Waals surface area contributed by atoms with Crippen molar-refractivity contribution in [2.24, 2.45) is 0 Å². The molecule has 0 fully saturated rings. The van der Waals surface area contributed by atoms with Gasteiger partial charge in [0.25, 0.3) is 5.91 Å². The Morgan fingerprint density at radius 2 is 1.76 bits per heavy atom. The van der Waals surface area contributed by atoms with Crippen molar-refractivity contribution < 1.29 is 22.7 Å². The van der Waals surface area contributed by atoms with Gasteiger partial charge in [-0.1, -0.05) is 54.1 Å². The Bertz CT molecular complexity index is 1310. The molecule has 1 heterocycles. The highest BCUT2D eigenvalue weighted by molar-refractivity contribution is 7.92. The van der Waals surface area contributed by atoms with Crippen molar-refractivity contribution in [1.82, 2.24) is 0 Å². The zero-order valence-corrected chi connectivity index (χ0v) is 19.3. The largest absolute Gasteiger partial charge is 0.476 e. The number of ketones is 1. The number of amides is 1. The molecule has 9 heteroatoms. The monoisotopic (exact) mass is 484 g/mol. The third-order valence-corrected chi connectivity index (χ3v) is 7.23. The van der Waals surface area contributed by atoms with Crippen molar-refractivity contribution in [3.05, 3.63) is 88.9 Å². The van der Waals surface area contributed by atoms with E-state index in [-0.39, 0.29) is 35.1 Å². The minimum absolute atomic E-state index is 0.122. The number of carbonyl (C=O) groups excluding carboxylic acids is 2. The van der Waals surface area contributed by atoms with Crippen LogP contribution in [0.2, 0.25) is 5.02 Å². The van der Waals surface area contributed by atoms with E-state index in [4.69, 9.17) is 16.3 Å². The molecule has 0 saturated heterocycles. The summed E-state index contributed by atoms with van der Waals surface area (Å²) >= 11 is 6.11. The van der Waals surface area contributed by atoms with Gasteiger partial charge in [-0.05, 0) is 37.3 Å². The molecule has 1 unspecified atom stereocenters. The molecule has 0 saturated carbocycles. The van der Waals surface area contributed by atoms with Crippen LogP contribution in [0, 0.1) is 0 Å². The van der Waals surface area contributed by atoms with Crippen LogP contribution in [0.25, 0.3) is 0 Å². The molecule has 0 aliphatic carbocycles. The third-order valence-electron chi connectivity index (χ3n) is 5.25. The van der Waals surface area contributed by atoms with E-state index in [1.54, 1.807) is 60.7 Å². The zero-order chi connectivity index (χ0) is 23.6. The van der Waals surface area contributed by atoms with Crippen LogP contribution in [-0.4, -0.2) is 38.5 Å². The summed E-state index contributed by atoms with van der Waals surface area (Å²) in [5, 5.41) is 3.06. The topological polar surface area (TPSA) is 92.8 Å². The molecule has 170 valence electrons. The maximum atomic E-state index is 13.1. The van der Waals surface area contributed by atoms with Crippen LogP contribution in [-0.2, 0) is 14.8 Å². The average Bonchev–Trinajstić information content (AvgIpc) is 2.84. The molecule has 1 atom stereocenters. The van der Waals surface area contributed by atoms with Crippen molar-refractivity contribution in [3.8, 4) is 5.75 Å². The summed E-state index contributed by atoms with van der Waals surface area (Å²) in [5.74, 6) is -0.718. The molecule has 4 rings (SSSR count). The number of nitrogens with zero attached hydrogens (tertiary/aromatic N) is 1. The number of carbonyl (C=O) groups is 2. The fraction of sp³-hybridized carbons (Fsp3) is 0.167. The number of fused-ring (bicyclic) bond motifs is 1. The van der Waals surface area contributed by atoms with E-state index in [9.17, 15) is 18.0 Å². The summed E-state index contributed by atoms with van der Waals surface area (Å²) in [5.41, 5.74) is 1.30. The van der Waals surface area contributed by atoms with E-state index in [0.29, 0.717) is 16.3 Å². The van der Waals surface area contributed by atoms with Crippen molar-refractivity contribution in [3.63, 3.8) is 0 Å². The second-order valence-electron chi connectivity index (χ2n) is 7.38. The number of para-hydroxylation sites is 2. The molecule has 7 nitrogen and oxygen atoms in total. The first kappa shape index (κ1) is 22.8. The van der Waals surface area contributed by atoms with E-state index in [1.165, 1.54) is 23.4 Å². The lowest BCUT2D eigenvalue weighted by molar-refractivity contribution is -0.122. The highest BCUT2D eigenvalue weighted by Gasteiger charge is 2.36. The van der Waals surface area contributed by atoms with Gasteiger partial charge in [0.2, 0.25) is 10.0 Å². The minimum atomic E-state index is -3.64. The molecule has 0 spiro atoms. The summed E-state index contributed by atoms with van der Waals surface area (Å²) in [6, 6.07) is 19.8. The minimum Gasteiger partial charge on any atom is -0.476 e. The lowest BCUT2D eigenvalue weighted by Crippen LogP contribution is -2.49. The summed E-state index contributed by atoms with van der Waals surface area (Å²) < 4.78 is 32.3. The molecule has 0 radical (unpaired) electrons. The molecule has 33 heavy (non-hydrogen) atoms. The second-order valence-corrected chi connectivity index (χ2v) is 10.00. The Balaban J connectivity index is 1.64. The Kier molecular flexibility index (Phi) is 6.40. The summed E-state index contributed by atoms with van der Waals surface area (Å²) in [6.07, 6.45) is -1.11. The van der Waals surface area contributed by atoms with E-state index < -0.39 is 22.0 Å². The number of benzene rings is 3. The van der Waals surface area contributed by atoms with Crippen LogP contribution in [0.1, 0.15) is 22.8 Å². The van der Waals surface area contributed by atoms with Gasteiger partial charge in [0.05, 0.1) is 23.7 Å². The normalized spacial score (nSPS) is 15.3. The van der Waals surface area contributed by atoms with Gasteiger partial charge in [-0.3, -0.25) is 13.9 Å². The van der Waals surface area contributed by atoms with Crippen molar-refractivity contribution in [2.75, 3.05) is 21.9 Å². The molecular formula is C24H21ClN2O5S. The highest BCUT2D eigenvalue weighted by Crippen LogP contribution is 2.35. The zero-order valence-electron chi connectivity index (χ0n) is 17.7. The fourth-order valence-electron chi connectivity index (χ4n) is 3.53. The SMILES string of the molecule is CCS(=O)(=O)N1CC(C(=O)Nc2ccc(Cl)cc2C(=O)c2ccccc2)Oc2ccccc21. The number of sulfonamides is 1. The lowest BCUT2D eigenvalue weighted by atomic mass is 10.0. The van der Waals surface area contributed by atoms with Crippen LogP contribution in [0.3, 0.4) is 0 Å². The molecule has 3 aromatic carbocycles. The molecule has 1 aliphatic heterocycles. The van der Waals surface area contributed by atoms with Gasteiger partial charge < -0.3 is 10.1 Å². The molecule has 3 aromatic rings. The van der Waals surface area contributed by atoms with E-state index in [2.05, 4.69) is 5.32 Å². The smallest absolute Gasteiger partial charge is 0.267 e. The predicted molar refractivity (Wildman–Crippen MR) is 128 cm³/mol. The molecule has 1 amide bonds. The lowest BCUT2D eigenvalue weighted by Gasteiger charge is -2.34. The molecule has 1 aliphatic rings. The Morgan fingerprint density at radius 1 is 1.06 bits per heavy atom. The van der Waals surface area contributed by atoms with Gasteiger partial charge in [0.15, 0.2) is 11.9 Å². The maximum Gasteiger partial charge on any atom is 0.267 e. The van der Waals surface area contributed by atoms with Crippen LogP contribution in [0.4, 0.5) is 11.4 Å². The van der Waals surface area contributed by atoms with Crippen LogP contribution >= 0.6 is 11.6 Å². The van der Waals surface area contributed by atoms with E-state index >= 15 is 0 Å². The highest BCUT2D eigenvalue weighted by atomic mass is 35.5. The Morgan fingerprint density at radius 3 is 2.48 bits per heavy atom. The van der Waals surface area contributed by atoms with Crippen molar-refractivity contribution in [2.45, 2.75) is 13.0 Å².